The molecule has 1 N–H and O–H groups in total. The van der Waals surface area contributed by atoms with Gasteiger partial charge < -0.3 is 5.32 Å². The third-order valence-electron chi connectivity index (χ3n) is 4.13. The van der Waals surface area contributed by atoms with Crippen LogP contribution in [0.3, 0.4) is 0 Å². The summed E-state index contributed by atoms with van der Waals surface area (Å²) >= 11 is 0. The molecule has 108 valence electrons. The summed E-state index contributed by atoms with van der Waals surface area (Å²) in [6.07, 6.45) is 0.814. The molecular weight excluding hydrogens is 269 g/mol. The quantitative estimate of drug-likeness (QED) is 0.747. The maximum absolute atomic E-state index is 14.1. The zero-order chi connectivity index (χ0) is 14.6. The van der Waals surface area contributed by atoms with Gasteiger partial charge in [-0.05, 0) is 19.4 Å². The molecule has 0 aliphatic carbocycles. The Kier molecular flexibility index (Phi) is 2.54. The van der Waals surface area contributed by atoms with E-state index in [-0.39, 0.29) is 11.9 Å². The lowest BCUT2D eigenvalue weighted by Crippen LogP contribution is -2.25. The number of halogens is 1. The second kappa shape index (κ2) is 4.31. The van der Waals surface area contributed by atoms with Crippen LogP contribution in [-0.2, 0) is 7.05 Å². The number of hydrogen-bond donors (Lipinski definition) is 1. The topological polar surface area (TPSA) is 47.7 Å². The predicted octanol–water partition coefficient (Wildman–Crippen LogP) is 2.62. The Morgan fingerprint density at radius 1 is 1.29 bits per heavy atom. The Morgan fingerprint density at radius 3 is 2.90 bits per heavy atom. The summed E-state index contributed by atoms with van der Waals surface area (Å²) in [4.78, 5) is 0. The van der Waals surface area contributed by atoms with Crippen molar-refractivity contribution in [2.75, 3.05) is 11.9 Å². The molecule has 0 bridgehead atoms. The van der Waals surface area contributed by atoms with Crippen molar-refractivity contribution in [1.82, 2.24) is 19.6 Å². The van der Waals surface area contributed by atoms with Gasteiger partial charge in [0, 0.05) is 19.2 Å². The molecule has 1 aliphatic rings. The normalized spacial score (nSPS) is 17.8. The highest BCUT2D eigenvalue weighted by molar-refractivity contribution is 5.90. The van der Waals surface area contributed by atoms with Gasteiger partial charge >= 0.3 is 0 Å². The largest absolute Gasteiger partial charge is 0.370 e. The number of aromatic nitrogens is 4. The minimum atomic E-state index is -0.176. The number of anilines is 1. The molecule has 2 aromatic heterocycles. The van der Waals surface area contributed by atoms with Crippen LogP contribution in [-0.4, -0.2) is 26.1 Å². The first-order valence-corrected chi connectivity index (χ1v) is 7.07. The molecule has 3 heterocycles. The number of aryl methyl sites for hydroxylation is 2. The molecule has 1 unspecified atom stereocenters. The minimum Gasteiger partial charge on any atom is -0.370 e. The van der Waals surface area contributed by atoms with Gasteiger partial charge in [0.05, 0.1) is 17.1 Å². The van der Waals surface area contributed by atoms with Gasteiger partial charge in [-0.15, -0.1) is 0 Å². The second-order valence-corrected chi connectivity index (χ2v) is 5.45. The molecule has 0 fully saturated rings. The van der Waals surface area contributed by atoms with Crippen molar-refractivity contribution >= 4 is 16.9 Å². The third-order valence-corrected chi connectivity index (χ3v) is 4.13. The van der Waals surface area contributed by atoms with Crippen LogP contribution >= 0.6 is 0 Å². The van der Waals surface area contributed by atoms with Gasteiger partial charge in [-0.3, -0.25) is 0 Å². The summed E-state index contributed by atoms with van der Waals surface area (Å²) in [6.45, 7) is 2.77. The minimum absolute atomic E-state index is 0.0748. The van der Waals surface area contributed by atoms with Crippen LogP contribution in [0.25, 0.3) is 11.0 Å². The summed E-state index contributed by atoms with van der Waals surface area (Å²) in [5.41, 5.74) is 2.47. The predicted molar refractivity (Wildman–Crippen MR) is 78.9 cm³/mol. The van der Waals surface area contributed by atoms with E-state index in [2.05, 4.69) is 15.5 Å². The average molecular weight is 285 g/mol. The molecular formula is C15H16FN5. The number of fused-ring (bicyclic) bond motifs is 3. The van der Waals surface area contributed by atoms with Crippen LogP contribution in [0.15, 0.2) is 24.3 Å². The lowest BCUT2D eigenvalue weighted by atomic mass is 10.0. The van der Waals surface area contributed by atoms with Crippen molar-refractivity contribution in [3.05, 3.63) is 41.3 Å². The number of hydrogen-bond acceptors (Lipinski definition) is 3. The van der Waals surface area contributed by atoms with E-state index in [1.54, 1.807) is 10.7 Å². The fraction of sp³-hybridized carbons (Fsp3) is 0.333. The van der Waals surface area contributed by atoms with E-state index in [1.165, 1.54) is 6.07 Å². The number of nitrogens with zero attached hydrogens (tertiary/aromatic N) is 4. The molecule has 0 saturated heterocycles. The highest BCUT2D eigenvalue weighted by Crippen LogP contribution is 2.36. The lowest BCUT2D eigenvalue weighted by Gasteiger charge is -2.26. The third kappa shape index (κ3) is 1.68. The molecule has 4 rings (SSSR count). The van der Waals surface area contributed by atoms with E-state index < -0.39 is 0 Å². The molecule has 1 aliphatic heterocycles. The molecule has 0 amide bonds. The number of nitrogens with one attached hydrogen (secondary N) is 1. The molecule has 1 aromatic carbocycles. The van der Waals surface area contributed by atoms with Crippen molar-refractivity contribution in [3.8, 4) is 0 Å². The Labute approximate surface area is 121 Å². The van der Waals surface area contributed by atoms with E-state index in [4.69, 9.17) is 0 Å². The number of benzene rings is 1. The van der Waals surface area contributed by atoms with E-state index in [9.17, 15) is 4.39 Å². The van der Waals surface area contributed by atoms with Crippen molar-refractivity contribution in [2.45, 2.75) is 19.4 Å². The van der Waals surface area contributed by atoms with Crippen LogP contribution in [0.1, 0.15) is 23.7 Å². The van der Waals surface area contributed by atoms with Gasteiger partial charge in [0.25, 0.3) is 0 Å². The highest BCUT2D eigenvalue weighted by atomic mass is 19.1. The van der Waals surface area contributed by atoms with Gasteiger partial charge in [0.15, 0.2) is 5.65 Å². The Morgan fingerprint density at radius 2 is 2.10 bits per heavy atom. The Balaban J connectivity index is 1.95. The van der Waals surface area contributed by atoms with Crippen LogP contribution < -0.4 is 5.32 Å². The molecule has 1 atom stereocenters. The molecule has 5 nitrogen and oxygen atoms in total. The molecule has 0 spiro atoms. The smallest absolute Gasteiger partial charge is 0.182 e. The van der Waals surface area contributed by atoms with Crippen LogP contribution in [0.5, 0.6) is 0 Å². The van der Waals surface area contributed by atoms with Crippen molar-refractivity contribution in [1.29, 1.82) is 0 Å². The Bertz CT molecular complexity index is 832. The summed E-state index contributed by atoms with van der Waals surface area (Å²) in [6, 6.07) is 6.86. The van der Waals surface area contributed by atoms with Gasteiger partial charge in [0.2, 0.25) is 0 Å². The van der Waals surface area contributed by atoms with Crippen molar-refractivity contribution in [2.24, 2.45) is 7.05 Å². The van der Waals surface area contributed by atoms with Gasteiger partial charge in [-0.2, -0.15) is 10.2 Å². The standard InChI is InChI=1S/C15H16FN5/c1-9-13-14-17-8-7-12(10-5-3-4-6-11(10)16)21(14)19-15(13)20(2)18-9/h3-6,12,17H,7-8H2,1-2H3. The van der Waals surface area contributed by atoms with Crippen LogP contribution in [0.2, 0.25) is 0 Å². The second-order valence-electron chi connectivity index (χ2n) is 5.45. The maximum atomic E-state index is 14.1. The summed E-state index contributed by atoms with van der Waals surface area (Å²) in [7, 11) is 1.88. The monoisotopic (exact) mass is 285 g/mol. The van der Waals surface area contributed by atoms with E-state index in [0.29, 0.717) is 5.56 Å². The summed E-state index contributed by atoms with van der Waals surface area (Å²) in [5, 5.41) is 13.5. The molecule has 0 radical (unpaired) electrons. The van der Waals surface area contributed by atoms with E-state index >= 15 is 0 Å². The average Bonchev–Trinajstić information content (AvgIpc) is 2.98. The Hall–Kier alpha value is -2.37. The molecule has 6 heteroatoms. The van der Waals surface area contributed by atoms with Gasteiger partial charge in [-0.25, -0.2) is 13.8 Å². The first-order chi connectivity index (χ1) is 10.2. The van der Waals surface area contributed by atoms with Crippen molar-refractivity contribution < 1.29 is 4.39 Å². The number of rotatable bonds is 1. The van der Waals surface area contributed by atoms with Crippen LogP contribution in [0, 0.1) is 12.7 Å². The van der Waals surface area contributed by atoms with E-state index in [0.717, 1.165) is 35.5 Å². The molecule has 3 aromatic rings. The van der Waals surface area contributed by atoms with E-state index in [1.807, 2.05) is 30.8 Å². The van der Waals surface area contributed by atoms with Gasteiger partial charge in [0.1, 0.15) is 11.6 Å². The fourth-order valence-electron chi connectivity index (χ4n) is 3.18. The van der Waals surface area contributed by atoms with Crippen molar-refractivity contribution in [3.63, 3.8) is 0 Å². The zero-order valence-electron chi connectivity index (χ0n) is 12.0. The summed E-state index contributed by atoms with van der Waals surface area (Å²) < 4.78 is 17.8. The SMILES string of the molecule is Cc1nn(C)c2nn3c(c12)NCCC3c1ccccc1F. The molecule has 21 heavy (non-hydrogen) atoms. The lowest BCUT2D eigenvalue weighted by molar-refractivity contribution is 0.459. The first kappa shape index (κ1) is 12.4. The zero-order valence-corrected chi connectivity index (χ0v) is 12.0. The fourth-order valence-corrected chi connectivity index (χ4v) is 3.18. The summed E-state index contributed by atoms with van der Waals surface area (Å²) in [5.74, 6) is 0.764. The molecule has 0 saturated carbocycles. The van der Waals surface area contributed by atoms with Gasteiger partial charge in [-0.1, -0.05) is 18.2 Å². The first-order valence-electron chi connectivity index (χ1n) is 7.07. The highest BCUT2D eigenvalue weighted by Gasteiger charge is 2.28. The van der Waals surface area contributed by atoms with Crippen LogP contribution in [0.4, 0.5) is 10.2 Å². The maximum Gasteiger partial charge on any atom is 0.182 e.